The van der Waals surface area contributed by atoms with Crippen LogP contribution in [0.1, 0.15) is 55.7 Å². The standard InChI is InChI=1S/C27H29F/c1-19(2)13-14-20-15-23-7-3-4-12-26(23)27(16-20)24-10-5-8-21(17-24)22-9-6-11-25(28)18-22/h3-12,17-20,27H,13-16H2,1-2H3/t20-,27-/m1/s1. The zero-order valence-electron chi connectivity index (χ0n) is 16.9. The molecule has 0 N–H and O–H groups in total. The summed E-state index contributed by atoms with van der Waals surface area (Å²) in [6, 6.07) is 24.6. The second-order valence-electron chi connectivity index (χ2n) is 8.66. The lowest BCUT2D eigenvalue weighted by atomic mass is 9.72. The predicted molar refractivity (Wildman–Crippen MR) is 116 cm³/mol. The van der Waals surface area contributed by atoms with E-state index in [-0.39, 0.29) is 5.82 Å². The summed E-state index contributed by atoms with van der Waals surface area (Å²) in [5, 5.41) is 0. The Kier molecular flexibility index (Phi) is 5.62. The molecule has 0 saturated carbocycles. The van der Waals surface area contributed by atoms with Gasteiger partial charge < -0.3 is 0 Å². The summed E-state index contributed by atoms with van der Waals surface area (Å²) in [5.41, 5.74) is 6.37. The van der Waals surface area contributed by atoms with Crippen molar-refractivity contribution in [2.75, 3.05) is 0 Å². The van der Waals surface area contributed by atoms with Gasteiger partial charge in [0.15, 0.2) is 0 Å². The molecule has 0 aromatic heterocycles. The van der Waals surface area contributed by atoms with Crippen molar-refractivity contribution in [2.45, 2.75) is 45.4 Å². The number of halogens is 1. The van der Waals surface area contributed by atoms with E-state index in [1.807, 2.05) is 6.07 Å². The van der Waals surface area contributed by atoms with Crippen LogP contribution in [0.15, 0.2) is 72.8 Å². The Hall–Kier alpha value is -2.41. The van der Waals surface area contributed by atoms with Crippen molar-refractivity contribution in [1.29, 1.82) is 0 Å². The van der Waals surface area contributed by atoms with Gasteiger partial charge in [0, 0.05) is 5.92 Å². The van der Waals surface area contributed by atoms with Crippen molar-refractivity contribution in [1.82, 2.24) is 0 Å². The van der Waals surface area contributed by atoms with Crippen molar-refractivity contribution in [3.05, 3.63) is 95.3 Å². The predicted octanol–water partition coefficient (Wildman–Crippen LogP) is 7.62. The van der Waals surface area contributed by atoms with Crippen molar-refractivity contribution in [2.24, 2.45) is 11.8 Å². The van der Waals surface area contributed by atoms with E-state index in [1.54, 1.807) is 12.1 Å². The molecule has 4 rings (SSSR count). The lowest BCUT2D eigenvalue weighted by molar-refractivity contribution is 0.366. The lowest BCUT2D eigenvalue weighted by Crippen LogP contribution is -2.20. The summed E-state index contributed by atoms with van der Waals surface area (Å²) in [6.07, 6.45) is 4.99. The molecule has 1 aliphatic carbocycles. The molecule has 28 heavy (non-hydrogen) atoms. The third kappa shape index (κ3) is 4.19. The number of rotatable bonds is 5. The van der Waals surface area contributed by atoms with E-state index in [4.69, 9.17) is 0 Å². The topological polar surface area (TPSA) is 0 Å². The fourth-order valence-corrected chi connectivity index (χ4v) is 4.62. The smallest absolute Gasteiger partial charge is 0.123 e. The maximum absolute atomic E-state index is 13.7. The Morgan fingerprint density at radius 3 is 2.43 bits per heavy atom. The van der Waals surface area contributed by atoms with Gasteiger partial charge in [-0.25, -0.2) is 4.39 Å². The van der Waals surface area contributed by atoms with Crippen LogP contribution < -0.4 is 0 Å². The molecule has 0 heterocycles. The summed E-state index contributed by atoms with van der Waals surface area (Å²) in [5.74, 6) is 1.74. The lowest BCUT2D eigenvalue weighted by Gasteiger charge is -2.32. The second kappa shape index (κ2) is 8.31. The number of benzene rings is 3. The van der Waals surface area contributed by atoms with E-state index < -0.39 is 0 Å². The van der Waals surface area contributed by atoms with Gasteiger partial charge in [0.25, 0.3) is 0 Å². The molecular formula is C27H29F. The average molecular weight is 373 g/mol. The SMILES string of the molecule is CC(C)CC[C@@H]1Cc2ccccc2[C@@H](c2cccc(-c3cccc(F)c3)c2)C1. The first kappa shape index (κ1) is 18.9. The van der Waals surface area contributed by atoms with Crippen LogP contribution in [0.2, 0.25) is 0 Å². The molecule has 3 aromatic rings. The van der Waals surface area contributed by atoms with Crippen LogP contribution in [0.25, 0.3) is 11.1 Å². The first-order valence-electron chi connectivity index (χ1n) is 10.5. The molecule has 2 atom stereocenters. The largest absolute Gasteiger partial charge is 0.207 e. The molecular weight excluding hydrogens is 343 g/mol. The molecule has 0 spiro atoms. The number of hydrogen-bond donors (Lipinski definition) is 0. The Morgan fingerprint density at radius 1 is 0.893 bits per heavy atom. The molecule has 0 saturated heterocycles. The first-order valence-corrected chi connectivity index (χ1v) is 10.5. The van der Waals surface area contributed by atoms with Crippen LogP contribution in [0.3, 0.4) is 0 Å². The van der Waals surface area contributed by atoms with Crippen LogP contribution in [-0.4, -0.2) is 0 Å². The van der Waals surface area contributed by atoms with Gasteiger partial charge in [0.05, 0.1) is 0 Å². The molecule has 1 heteroatoms. The molecule has 0 nitrogen and oxygen atoms in total. The molecule has 1 aliphatic rings. The van der Waals surface area contributed by atoms with Crippen LogP contribution >= 0.6 is 0 Å². The van der Waals surface area contributed by atoms with Crippen molar-refractivity contribution in [3.8, 4) is 11.1 Å². The maximum Gasteiger partial charge on any atom is 0.123 e. The normalized spacial score (nSPS) is 18.9. The average Bonchev–Trinajstić information content (AvgIpc) is 2.72. The zero-order chi connectivity index (χ0) is 19.5. The molecule has 144 valence electrons. The molecule has 0 bridgehead atoms. The molecule has 3 aromatic carbocycles. The summed E-state index contributed by atoms with van der Waals surface area (Å²) >= 11 is 0. The van der Waals surface area contributed by atoms with Crippen LogP contribution in [0.5, 0.6) is 0 Å². The monoisotopic (exact) mass is 372 g/mol. The fourth-order valence-electron chi connectivity index (χ4n) is 4.62. The van der Waals surface area contributed by atoms with Gasteiger partial charge in [0.2, 0.25) is 0 Å². The maximum atomic E-state index is 13.7. The molecule has 0 unspecified atom stereocenters. The van der Waals surface area contributed by atoms with Gasteiger partial charge in [0.1, 0.15) is 5.82 Å². The quantitative estimate of drug-likeness (QED) is 0.432. The van der Waals surface area contributed by atoms with Gasteiger partial charge in [-0.1, -0.05) is 80.9 Å². The first-order chi connectivity index (χ1) is 13.6. The Labute approximate surface area is 168 Å². The summed E-state index contributed by atoms with van der Waals surface area (Å²) < 4.78 is 13.7. The molecule has 0 amide bonds. The van der Waals surface area contributed by atoms with E-state index in [0.717, 1.165) is 23.0 Å². The summed E-state index contributed by atoms with van der Waals surface area (Å²) in [6.45, 7) is 4.63. The number of fused-ring (bicyclic) bond motifs is 1. The van der Waals surface area contributed by atoms with E-state index in [0.29, 0.717) is 5.92 Å². The van der Waals surface area contributed by atoms with E-state index in [9.17, 15) is 4.39 Å². The summed E-state index contributed by atoms with van der Waals surface area (Å²) in [7, 11) is 0. The van der Waals surface area contributed by atoms with E-state index >= 15 is 0 Å². The van der Waals surface area contributed by atoms with Gasteiger partial charge >= 0.3 is 0 Å². The highest BCUT2D eigenvalue weighted by Crippen LogP contribution is 2.41. The number of hydrogen-bond acceptors (Lipinski definition) is 0. The van der Waals surface area contributed by atoms with Gasteiger partial charge in [-0.2, -0.15) is 0 Å². The third-order valence-electron chi connectivity index (χ3n) is 6.11. The van der Waals surface area contributed by atoms with Crippen LogP contribution in [-0.2, 0) is 6.42 Å². The van der Waals surface area contributed by atoms with Crippen LogP contribution in [0.4, 0.5) is 4.39 Å². The van der Waals surface area contributed by atoms with Gasteiger partial charge in [-0.15, -0.1) is 0 Å². The Morgan fingerprint density at radius 2 is 1.64 bits per heavy atom. The Balaban J connectivity index is 1.68. The highest BCUT2D eigenvalue weighted by molar-refractivity contribution is 5.64. The highest BCUT2D eigenvalue weighted by Gasteiger charge is 2.28. The molecule has 0 aliphatic heterocycles. The minimum Gasteiger partial charge on any atom is -0.207 e. The minimum atomic E-state index is -0.181. The Bertz CT molecular complexity index is 940. The van der Waals surface area contributed by atoms with Crippen molar-refractivity contribution >= 4 is 0 Å². The third-order valence-corrected chi connectivity index (χ3v) is 6.11. The van der Waals surface area contributed by atoms with E-state index in [2.05, 4.69) is 62.4 Å². The minimum absolute atomic E-state index is 0.181. The van der Waals surface area contributed by atoms with E-state index in [1.165, 1.54) is 48.4 Å². The fraction of sp³-hybridized carbons (Fsp3) is 0.333. The highest BCUT2D eigenvalue weighted by atomic mass is 19.1. The van der Waals surface area contributed by atoms with Gasteiger partial charge in [-0.3, -0.25) is 0 Å². The molecule has 0 radical (unpaired) electrons. The second-order valence-corrected chi connectivity index (χ2v) is 8.66. The van der Waals surface area contributed by atoms with Crippen LogP contribution in [0, 0.1) is 17.7 Å². The van der Waals surface area contributed by atoms with Crippen molar-refractivity contribution < 1.29 is 4.39 Å². The summed E-state index contributed by atoms with van der Waals surface area (Å²) in [4.78, 5) is 0. The van der Waals surface area contributed by atoms with Crippen molar-refractivity contribution in [3.63, 3.8) is 0 Å². The zero-order valence-corrected chi connectivity index (χ0v) is 16.9. The molecule has 0 fully saturated rings. The van der Waals surface area contributed by atoms with Gasteiger partial charge in [-0.05, 0) is 71.0 Å².